The minimum Gasteiger partial charge on any atom is -0.872 e. The molecule has 0 unspecified atom stereocenters. The van der Waals surface area contributed by atoms with Crippen molar-refractivity contribution >= 4 is 29.8 Å². The van der Waals surface area contributed by atoms with Gasteiger partial charge in [-0.05, 0) is 18.9 Å². The molecule has 25 heavy (non-hydrogen) atoms. The Bertz CT molecular complexity index is 997. The Hall–Kier alpha value is -2.22. The summed E-state index contributed by atoms with van der Waals surface area (Å²) in [7, 11) is 0. The third-order valence-electron chi connectivity index (χ3n) is 3.57. The second-order valence-electron chi connectivity index (χ2n) is 5.31. The molecular weight excluding hydrogens is 392 g/mol. The molecule has 0 N–H and O–H groups in total. The van der Waals surface area contributed by atoms with Gasteiger partial charge in [-0.1, -0.05) is 24.8 Å². The summed E-state index contributed by atoms with van der Waals surface area (Å²) < 4.78 is 6.63. The molecule has 0 saturated heterocycles. The molecule has 1 aromatic carbocycles. The molecule has 7 nitrogen and oxygen atoms in total. The van der Waals surface area contributed by atoms with Crippen LogP contribution in [-0.4, -0.2) is 21.1 Å². The van der Waals surface area contributed by atoms with E-state index in [0.29, 0.717) is 17.6 Å². The third-order valence-corrected chi connectivity index (χ3v) is 3.83. The number of fused-ring (bicyclic) bond motifs is 1. The molecule has 0 bridgehead atoms. The van der Waals surface area contributed by atoms with Crippen LogP contribution in [0.4, 0.5) is 0 Å². The number of aromatic nitrogens is 3. The maximum atomic E-state index is 12.2. The van der Waals surface area contributed by atoms with Crippen LogP contribution in [0, 0.1) is 6.92 Å². The molecule has 0 aliphatic heterocycles. The van der Waals surface area contributed by atoms with Gasteiger partial charge in [0.1, 0.15) is 5.58 Å². The first-order valence-electron chi connectivity index (χ1n) is 7.41. The molecule has 0 aliphatic carbocycles. The number of aryl methyl sites for hydroxylation is 2. The van der Waals surface area contributed by atoms with Crippen molar-refractivity contribution in [1.82, 2.24) is 14.9 Å². The second kappa shape index (κ2) is 7.77. The fraction of sp³-hybridized carbons (Fsp3) is 0.250. The second-order valence-corrected chi connectivity index (χ2v) is 5.67. The third kappa shape index (κ3) is 3.73. The first-order valence-corrected chi connectivity index (χ1v) is 7.82. The fourth-order valence-electron chi connectivity index (χ4n) is 2.42. The Kier molecular flexibility index (Phi) is 5.94. The van der Waals surface area contributed by atoms with Crippen LogP contribution in [0.2, 0.25) is 0 Å². The predicted molar refractivity (Wildman–Crippen MR) is 89.3 cm³/mol. The zero-order valence-corrected chi connectivity index (χ0v) is 15.2. The van der Waals surface area contributed by atoms with Gasteiger partial charge in [-0.25, -0.2) is 9.47 Å². The van der Waals surface area contributed by atoms with Gasteiger partial charge in [-0.15, -0.1) is 5.10 Å². The molecule has 1 radical (unpaired) electrons. The quantitative estimate of drug-likeness (QED) is 0.282. The van der Waals surface area contributed by atoms with Gasteiger partial charge in [0.2, 0.25) is 0 Å². The molecule has 133 valence electrons. The number of nitrogens with zero attached hydrogens (tertiary/aromatic N) is 4. The number of hydrogen-bond donors (Lipinski definition) is 0. The first kappa shape index (κ1) is 19.1. The Labute approximate surface area is 159 Å². The summed E-state index contributed by atoms with van der Waals surface area (Å²) in [4.78, 5) is 11.6. The maximum absolute atomic E-state index is 12.2. The maximum Gasteiger partial charge on any atom is 2.00 e. The van der Waals surface area contributed by atoms with E-state index in [2.05, 4.69) is 15.3 Å². The molecule has 0 atom stereocenters. The Balaban J connectivity index is 0.00000225. The summed E-state index contributed by atoms with van der Waals surface area (Å²) in [5.74, 6) is 0.320. The van der Waals surface area contributed by atoms with Gasteiger partial charge in [0.25, 0.3) is 0 Å². The van der Waals surface area contributed by atoms with E-state index in [0.717, 1.165) is 12.0 Å². The largest absolute Gasteiger partial charge is 2.00 e. The van der Waals surface area contributed by atoms with Crippen molar-refractivity contribution in [2.24, 2.45) is 5.10 Å². The van der Waals surface area contributed by atoms with Gasteiger partial charge in [-0.3, -0.25) is 0 Å². The molecular formula is C16H14CuN4O3S. The van der Waals surface area contributed by atoms with Crippen LogP contribution in [0.5, 0.6) is 5.75 Å². The number of rotatable bonds is 4. The molecule has 0 fully saturated rings. The van der Waals surface area contributed by atoms with Gasteiger partial charge in [-0.2, -0.15) is 10.2 Å². The van der Waals surface area contributed by atoms with Crippen LogP contribution in [0.1, 0.15) is 30.3 Å². The van der Waals surface area contributed by atoms with Gasteiger partial charge in [0.15, 0.2) is 5.82 Å². The topological polar surface area (TPSA) is 96.3 Å². The minimum absolute atomic E-state index is 0. The van der Waals surface area contributed by atoms with Gasteiger partial charge in [0, 0.05) is 28.6 Å². The summed E-state index contributed by atoms with van der Waals surface area (Å²) in [5, 5.41) is 25.1. The molecule has 3 rings (SSSR count). The van der Waals surface area contributed by atoms with Crippen LogP contribution >= 0.6 is 0 Å². The van der Waals surface area contributed by atoms with Crippen molar-refractivity contribution in [2.45, 2.75) is 31.8 Å². The summed E-state index contributed by atoms with van der Waals surface area (Å²) in [6.45, 7) is 3.79. The van der Waals surface area contributed by atoms with E-state index < -0.39 is 5.63 Å². The van der Waals surface area contributed by atoms with Crippen molar-refractivity contribution in [3.05, 3.63) is 45.6 Å². The van der Waals surface area contributed by atoms with Gasteiger partial charge < -0.3 is 22.2 Å². The van der Waals surface area contributed by atoms with Crippen molar-refractivity contribution in [1.29, 1.82) is 0 Å². The molecule has 9 heteroatoms. The number of benzene rings is 1. The SMILES string of the molecule is CCCc1nnc([S-])n1/N=C/c1c([O-])ccc2c(C)cc(=O)oc12.[Cu+2]. The fourth-order valence-corrected chi connectivity index (χ4v) is 2.61. The Morgan fingerprint density at radius 2 is 2.16 bits per heavy atom. The van der Waals surface area contributed by atoms with E-state index in [-0.39, 0.29) is 39.1 Å². The van der Waals surface area contributed by atoms with Crippen LogP contribution in [0.25, 0.3) is 11.0 Å². The van der Waals surface area contributed by atoms with Crippen molar-refractivity contribution < 1.29 is 26.6 Å². The molecule has 2 heterocycles. The molecule has 0 spiro atoms. The smallest absolute Gasteiger partial charge is 0.872 e. The first-order chi connectivity index (χ1) is 11.5. The van der Waals surface area contributed by atoms with Crippen LogP contribution < -0.4 is 10.7 Å². The summed E-state index contributed by atoms with van der Waals surface area (Å²) in [5.41, 5.74) is 0.627. The van der Waals surface area contributed by atoms with E-state index in [1.165, 1.54) is 23.0 Å². The average Bonchev–Trinajstić information content (AvgIpc) is 2.87. The van der Waals surface area contributed by atoms with Crippen molar-refractivity contribution in [3.8, 4) is 5.75 Å². The average molecular weight is 406 g/mol. The minimum atomic E-state index is -0.514. The van der Waals surface area contributed by atoms with E-state index in [1.807, 2.05) is 6.92 Å². The summed E-state index contributed by atoms with van der Waals surface area (Å²) in [6.07, 6.45) is 2.86. The van der Waals surface area contributed by atoms with E-state index in [9.17, 15) is 9.90 Å². The monoisotopic (exact) mass is 405 g/mol. The molecule has 0 amide bonds. The molecule has 0 aliphatic rings. The summed E-state index contributed by atoms with van der Waals surface area (Å²) >= 11 is 5.10. The summed E-state index contributed by atoms with van der Waals surface area (Å²) in [6, 6.07) is 4.44. The van der Waals surface area contributed by atoms with Crippen LogP contribution in [0.3, 0.4) is 0 Å². The molecule has 3 aromatic rings. The van der Waals surface area contributed by atoms with E-state index in [1.54, 1.807) is 13.0 Å². The zero-order chi connectivity index (χ0) is 17.3. The molecule has 2 aromatic heterocycles. The normalized spacial score (nSPS) is 11.1. The Morgan fingerprint density at radius 3 is 2.88 bits per heavy atom. The van der Waals surface area contributed by atoms with E-state index >= 15 is 0 Å². The Morgan fingerprint density at radius 1 is 1.40 bits per heavy atom. The van der Waals surface area contributed by atoms with Gasteiger partial charge in [0.05, 0.1) is 6.21 Å². The molecule has 0 saturated carbocycles. The van der Waals surface area contributed by atoms with Crippen LogP contribution in [-0.2, 0) is 36.1 Å². The van der Waals surface area contributed by atoms with E-state index in [4.69, 9.17) is 17.0 Å². The standard InChI is InChI=1S/C16H16N4O3S.Cu/c1-3-4-13-18-19-16(24)20(13)17-8-11-12(21)6-5-10-9(2)7-14(22)23-15(10)11;/h5-8,21H,3-4H2,1-2H3,(H,19,24);/q;+2/p-2/b17-8+;. The van der Waals surface area contributed by atoms with Crippen molar-refractivity contribution in [3.63, 3.8) is 0 Å². The number of hydrogen-bond acceptors (Lipinski definition) is 7. The van der Waals surface area contributed by atoms with Gasteiger partial charge >= 0.3 is 22.7 Å². The predicted octanol–water partition coefficient (Wildman–Crippen LogP) is 1.50. The van der Waals surface area contributed by atoms with Crippen molar-refractivity contribution in [2.75, 3.05) is 0 Å². The zero-order valence-electron chi connectivity index (χ0n) is 13.4. The van der Waals surface area contributed by atoms with Crippen LogP contribution in [0.15, 0.2) is 37.7 Å².